The molecule has 0 fully saturated rings. The number of sulfonamides is 1. The van der Waals surface area contributed by atoms with Gasteiger partial charge in [-0.15, -0.1) is 0 Å². The van der Waals surface area contributed by atoms with Gasteiger partial charge in [-0.05, 0) is 50.8 Å². The lowest BCUT2D eigenvalue weighted by atomic mass is 10.1. The molecule has 0 spiro atoms. The van der Waals surface area contributed by atoms with E-state index in [0.29, 0.717) is 39.0 Å². The van der Waals surface area contributed by atoms with E-state index in [-0.39, 0.29) is 33.7 Å². The zero-order valence-corrected chi connectivity index (χ0v) is 21.5. The highest BCUT2D eigenvalue weighted by Gasteiger charge is 2.22. The van der Waals surface area contributed by atoms with Crippen molar-refractivity contribution in [1.82, 2.24) is 5.32 Å². The largest absolute Gasteiger partial charge is 0.465 e. The second-order valence-corrected chi connectivity index (χ2v) is 9.62. The molecule has 4 N–H and O–H groups in total. The van der Waals surface area contributed by atoms with Crippen LogP contribution in [0.4, 0.5) is 5.69 Å². The average Bonchev–Trinajstić information content (AvgIpc) is 2.81. The lowest BCUT2D eigenvalue weighted by molar-refractivity contribution is -0.145. The van der Waals surface area contributed by atoms with Crippen molar-refractivity contribution in [3.8, 4) is 0 Å². The minimum absolute atomic E-state index is 0.0471. The Hall–Kier alpha value is -2.66. The van der Waals surface area contributed by atoms with Crippen molar-refractivity contribution in [1.29, 1.82) is 0 Å². The van der Waals surface area contributed by atoms with Crippen LogP contribution in [0.3, 0.4) is 0 Å². The van der Waals surface area contributed by atoms with Crippen LogP contribution in [-0.2, 0) is 30.8 Å². The van der Waals surface area contributed by atoms with Crippen molar-refractivity contribution < 1.29 is 27.5 Å². The van der Waals surface area contributed by atoms with E-state index in [4.69, 9.17) is 26.2 Å². The van der Waals surface area contributed by atoms with E-state index in [1.54, 1.807) is 13.8 Å². The Morgan fingerprint density at radius 2 is 1.74 bits per heavy atom. The van der Waals surface area contributed by atoms with Gasteiger partial charge in [-0.2, -0.15) is 0 Å². The molecule has 2 aromatic rings. The van der Waals surface area contributed by atoms with E-state index in [9.17, 15) is 18.0 Å². The number of benzene rings is 2. The summed E-state index contributed by atoms with van der Waals surface area (Å²) in [4.78, 5) is 24.1. The molecule has 0 amide bonds. The fraction of sp³-hybridized carbons (Fsp3) is 0.417. The van der Waals surface area contributed by atoms with Gasteiger partial charge in [-0.1, -0.05) is 41.9 Å². The van der Waals surface area contributed by atoms with Crippen molar-refractivity contribution in [2.75, 3.05) is 25.1 Å². The number of rotatable bonds is 14. The van der Waals surface area contributed by atoms with E-state index in [1.807, 2.05) is 30.3 Å². The topological polar surface area (TPSA) is 137 Å². The van der Waals surface area contributed by atoms with Crippen LogP contribution in [0.25, 0.3) is 0 Å². The molecule has 9 nitrogen and oxygen atoms in total. The molecular formula is C24H32ClN3O6S. The number of carbonyl (C=O) groups excluding carboxylic acids is 2. The summed E-state index contributed by atoms with van der Waals surface area (Å²) in [6.45, 7) is 4.73. The molecule has 0 aliphatic carbocycles. The number of unbranched alkanes of at least 4 members (excludes halogenated alkanes) is 1. The number of hydrogen-bond acceptors (Lipinski definition) is 8. The van der Waals surface area contributed by atoms with Crippen LogP contribution in [0, 0.1) is 0 Å². The number of nitrogens with two attached hydrogens (primary N) is 1. The molecule has 0 aliphatic rings. The second-order valence-electron chi connectivity index (χ2n) is 7.69. The minimum Gasteiger partial charge on any atom is -0.465 e. The summed E-state index contributed by atoms with van der Waals surface area (Å²) in [5, 5.41) is 11.6. The zero-order chi connectivity index (χ0) is 25.8. The average molecular weight is 526 g/mol. The van der Waals surface area contributed by atoms with Crippen LogP contribution >= 0.6 is 11.6 Å². The van der Waals surface area contributed by atoms with Gasteiger partial charge < -0.3 is 20.1 Å². The quantitative estimate of drug-likeness (QED) is 0.252. The maximum Gasteiger partial charge on any atom is 0.339 e. The minimum atomic E-state index is -4.13. The van der Waals surface area contributed by atoms with Gasteiger partial charge >= 0.3 is 11.9 Å². The third kappa shape index (κ3) is 9.14. The molecule has 0 heterocycles. The van der Waals surface area contributed by atoms with Gasteiger partial charge in [0.25, 0.3) is 0 Å². The lowest BCUT2D eigenvalue weighted by Gasteiger charge is -2.18. The Bertz CT molecular complexity index is 1100. The Labute approximate surface area is 211 Å². The predicted octanol–water partition coefficient (Wildman–Crippen LogP) is 3.47. The molecule has 2 rings (SSSR count). The fourth-order valence-electron chi connectivity index (χ4n) is 3.37. The van der Waals surface area contributed by atoms with Gasteiger partial charge in [0.2, 0.25) is 10.0 Å². The molecule has 192 valence electrons. The third-order valence-electron chi connectivity index (χ3n) is 5.07. The van der Waals surface area contributed by atoms with Crippen molar-refractivity contribution >= 4 is 39.3 Å². The summed E-state index contributed by atoms with van der Waals surface area (Å²) in [5.41, 5.74) is 1.17. The van der Waals surface area contributed by atoms with E-state index in [1.165, 1.54) is 6.07 Å². The van der Waals surface area contributed by atoms with Crippen LogP contribution in [0.1, 0.15) is 49.0 Å². The third-order valence-corrected chi connectivity index (χ3v) is 6.34. The SMILES string of the molecule is CCOC(=O)c1cc(S(N)(=O)=O)c(NCCCC[C@H](NCc2ccccc2)C(=O)OCC)cc1Cl. The van der Waals surface area contributed by atoms with E-state index in [0.717, 1.165) is 11.6 Å². The lowest BCUT2D eigenvalue weighted by Crippen LogP contribution is -2.37. The summed E-state index contributed by atoms with van der Waals surface area (Å²) in [6, 6.07) is 11.7. The Morgan fingerprint density at radius 3 is 2.37 bits per heavy atom. The van der Waals surface area contributed by atoms with Gasteiger partial charge in [0, 0.05) is 13.1 Å². The zero-order valence-electron chi connectivity index (χ0n) is 19.9. The number of esters is 2. The molecular weight excluding hydrogens is 494 g/mol. The molecule has 0 radical (unpaired) electrons. The van der Waals surface area contributed by atoms with E-state index in [2.05, 4.69) is 10.6 Å². The highest BCUT2D eigenvalue weighted by atomic mass is 35.5. The molecule has 35 heavy (non-hydrogen) atoms. The molecule has 2 aromatic carbocycles. The van der Waals surface area contributed by atoms with Crippen LogP contribution in [0.15, 0.2) is 47.4 Å². The van der Waals surface area contributed by atoms with E-state index >= 15 is 0 Å². The maximum atomic E-state index is 12.3. The number of primary sulfonamides is 1. The Morgan fingerprint density at radius 1 is 1.06 bits per heavy atom. The summed E-state index contributed by atoms with van der Waals surface area (Å²) in [7, 11) is -4.13. The molecule has 0 saturated heterocycles. The van der Waals surface area contributed by atoms with Crippen molar-refractivity contribution in [2.45, 2.75) is 50.6 Å². The first-order valence-corrected chi connectivity index (χ1v) is 13.3. The fourth-order valence-corrected chi connectivity index (χ4v) is 4.33. The number of hydrogen-bond donors (Lipinski definition) is 3. The van der Waals surface area contributed by atoms with Gasteiger partial charge in [0.05, 0.1) is 29.5 Å². The van der Waals surface area contributed by atoms with Crippen LogP contribution in [0.2, 0.25) is 5.02 Å². The van der Waals surface area contributed by atoms with Crippen molar-refractivity contribution in [3.05, 3.63) is 58.6 Å². The predicted molar refractivity (Wildman–Crippen MR) is 135 cm³/mol. The summed E-state index contributed by atoms with van der Waals surface area (Å²) < 4.78 is 34.3. The normalized spacial score (nSPS) is 12.1. The molecule has 1 atom stereocenters. The first-order chi connectivity index (χ1) is 16.7. The van der Waals surface area contributed by atoms with Crippen LogP contribution in [-0.4, -0.2) is 46.2 Å². The number of anilines is 1. The Balaban J connectivity index is 1.98. The Kier molecular flexibility index (Phi) is 11.5. The molecule has 0 bridgehead atoms. The molecule has 0 unspecified atom stereocenters. The monoisotopic (exact) mass is 525 g/mol. The van der Waals surface area contributed by atoms with Gasteiger partial charge in [0.15, 0.2) is 0 Å². The molecule has 0 aromatic heterocycles. The van der Waals surface area contributed by atoms with Crippen LogP contribution in [0.5, 0.6) is 0 Å². The highest BCUT2D eigenvalue weighted by molar-refractivity contribution is 7.89. The first kappa shape index (κ1) is 28.6. The van der Waals surface area contributed by atoms with E-state index < -0.39 is 22.0 Å². The summed E-state index contributed by atoms with van der Waals surface area (Å²) >= 11 is 6.18. The smallest absolute Gasteiger partial charge is 0.339 e. The van der Waals surface area contributed by atoms with Gasteiger partial charge in [0.1, 0.15) is 10.9 Å². The summed E-state index contributed by atoms with van der Waals surface area (Å²) in [5.74, 6) is -1.05. The number of halogens is 1. The number of carbonyl (C=O) groups is 2. The highest BCUT2D eigenvalue weighted by Crippen LogP contribution is 2.29. The van der Waals surface area contributed by atoms with Crippen LogP contribution < -0.4 is 15.8 Å². The number of ether oxygens (including phenoxy) is 2. The van der Waals surface area contributed by atoms with Gasteiger partial charge in [-0.3, -0.25) is 4.79 Å². The molecule has 0 aliphatic heterocycles. The number of nitrogens with one attached hydrogen (secondary N) is 2. The van der Waals surface area contributed by atoms with Crippen molar-refractivity contribution in [3.63, 3.8) is 0 Å². The molecule has 0 saturated carbocycles. The van der Waals surface area contributed by atoms with Gasteiger partial charge in [-0.25, -0.2) is 18.4 Å². The summed E-state index contributed by atoms with van der Waals surface area (Å²) in [6.07, 6.45) is 1.83. The second kappa shape index (κ2) is 14.0. The van der Waals surface area contributed by atoms with Crippen molar-refractivity contribution in [2.24, 2.45) is 5.14 Å². The molecule has 11 heteroatoms. The maximum absolute atomic E-state index is 12.3. The first-order valence-electron chi connectivity index (χ1n) is 11.4. The standard InChI is InChI=1S/C24H32ClN3O6S/c1-3-33-23(29)18-14-22(35(26,31)32)21(15-19(18)25)27-13-9-8-12-20(24(30)34-4-2)28-16-17-10-6-5-7-11-17/h5-7,10-11,14-15,20,27-28H,3-4,8-9,12-13,16H2,1-2H3,(H2,26,31,32)/t20-/m0/s1.